The molecule has 0 saturated carbocycles. The molecule has 0 aromatic heterocycles. The van der Waals surface area contributed by atoms with Crippen molar-refractivity contribution in [2.75, 3.05) is 0 Å². The largest absolute Gasteiger partial charge is 0.480 e. The molecule has 0 heterocycles. The zero-order valence-electron chi connectivity index (χ0n) is 17.3. The molecule has 0 spiro atoms. The lowest BCUT2D eigenvalue weighted by atomic mass is 9.75. The van der Waals surface area contributed by atoms with E-state index in [1.165, 1.54) is 12.1 Å². The van der Waals surface area contributed by atoms with E-state index in [-0.39, 0.29) is 12.0 Å². The quantitative estimate of drug-likeness (QED) is 0.552. The Labute approximate surface area is 183 Å². The summed E-state index contributed by atoms with van der Waals surface area (Å²) in [6.45, 7) is 1.69. The Kier molecular flexibility index (Phi) is 6.67. The first-order valence-electron chi connectivity index (χ1n) is 9.93. The Morgan fingerprint density at radius 2 is 1.34 bits per heavy atom. The van der Waals surface area contributed by atoms with Gasteiger partial charge in [0.25, 0.3) is 0 Å². The molecule has 1 atom stereocenters. The van der Waals surface area contributed by atoms with Crippen LogP contribution in [0, 0.1) is 0 Å². The molecule has 3 aromatic rings. The predicted octanol–water partition coefficient (Wildman–Crippen LogP) is 4.82. The number of halogens is 3. The van der Waals surface area contributed by atoms with Gasteiger partial charge in [-0.15, -0.1) is 0 Å². The maximum absolute atomic E-state index is 13.4. The summed E-state index contributed by atoms with van der Waals surface area (Å²) in [5.74, 6) is -1.89. The van der Waals surface area contributed by atoms with E-state index < -0.39 is 35.1 Å². The molecule has 0 aliphatic carbocycles. The van der Waals surface area contributed by atoms with E-state index in [9.17, 15) is 27.9 Å². The number of amides is 1. The number of benzene rings is 3. The minimum atomic E-state index is -4.54. The number of carbonyl (C=O) groups excluding carboxylic acids is 1. The van der Waals surface area contributed by atoms with Crippen molar-refractivity contribution in [2.24, 2.45) is 0 Å². The molecule has 7 heteroatoms. The van der Waals surface area contributed by atoms with Crippen LogP contribution in [0.5, 0.6) is 0 Å². The van der Waals surface area contributed by atoms with Crippen LogP contribution in [0.25, 0.3) is 0 Å². The second-order valence-corrected chi connectivity index (χ2v) is 7.62. The molecular formula is C25H22F3NO3. The molecule has 0 saturated heterocycles. The van der Waals surface area contributed by atoms with Crippen molar-refractivity contribution >= 4 is 11.9 Å². The van der Waals surface area contributed by atoms with E-state index in [2.05, 4.69) is 5.32 Å². The monoisotopic (exact) mass is 441 g/mol. The average Bonchev–Trinajstić information content (AvgIpc) is 2.78. The van der Waals surface area contributed by atoms with Crippen molar-refractivity contribution in [2.45, 2.75) is 31.0 Å². The maximum Gasteiger partial charge on any atom is 0.416 e. The second-order valence-electron chi connectivity index (χ2n) is 7.62. The van der Waals surface area contributed by atoms with E-state index in [0.29, 0.717) is 11.1 Å². The van der Waals surface area contributed by atoms with Crippen LogP contribution in [0.15, 0.2) is 84.9 Å². The summed E-state index contributed by atoms with van der Waals surface area (Å²) >= 11 is 0. The van der Waals surface area contributed by atoms with Crippen LogP contribution in [-0.2, 0) is 27.6 Å². The van der Waals surface area contributed by atoms with Crippen LogP contribution in [0.3, 0.4) is 0 Å². The second kappa shape index (κ2) is 9.26. The lowest BCUT2D eigenvalue weighted by Gasteiger charge is -2.31. The molecule has 1 amide bonds. The number of rotatable bonds is 7. The highest BCUT2D eigenvalue weighted by Crippen LogP contribution is 2.33. The zero-order valence-corrected chi connectivity index (χ0v) is 17.3. The molecule has 0 bridgehead atoms. The van der Waals surface area contributed by atoms with Crippen LogP contribution in [-0.4, -0.2) is 23.0 Å². The van der Waals surface area contributed by atoms with Gasteiger partial charge in [0, 0.05) is 6.42 Å². The number of carbonyl (C=O) groups is 2. The van der Waals surface area contributed by atoms with Crippen molar-refractivity contribution in [3.05, 3.63) is 107 Å². The lowest BCUT2D eigenvalue weighted by Crippen LogP contribution is -2.50. The van der Waals surface area contributed by atoms with Crippen LogP contribution < -0.4 is 5.32 Å². The van der Waals surface area contributed by atoms with Gasteiger partial charge in [-0.25, -0.2) is 4.79 Å². The minimum absolute atomic E-state index is 0.161. The zero-order chi connectivity index (χ0) is 23.4. The molecule has 3 rings (SSSR count). The fourth-order valence-electron chi connectivity index (χ4n) is 3.58. The maximum atomic E-state index is 13.4. The lowest BCUT2D eigenvalue weighted by molar-refractivity contribution is -0.142. The van der Waals surface area contributed by atoms with Crippen LogP contribution >= 0.6 is 0 Å². The summed E-state index contributed by atoms with van der Waals surface area (Å²) < 4.78 is 39.1. The smallest absolute Gasteiger partial charge is 0.416 e. The number of carboxylic acids is 1. The van der Waals surface area contributed by atoms with Gasteiger partial charge in [-0.2, -0.15) is 13.2 Å². The molecule has 3 aromatic carbocycles. The molecule has 0 radical (unpaired) electrons. The Hall–Kier alpha value is -3.61. The van der Waals surface area contributed by atoms with Gasteiger partial charge in [0.05, 0.1) is 11.0 Å². The Morgan fingerprint density at radius 3 is 1.81 bits per heavy atom. The molecule has 2 N–H and O–H groups in total. The fraction of sp³-hybridized carbons (Fsp3) is 0.200. The highest BCUT2D eigenvalue weighted by Gasteiger charge is 2.39. The van der Waals surface area contributed by atoms with Crippen molar-refractivity contribution < 1.29 is 27.9 Å². The number of aliphatic carboxylic acids is 1. The number of hydrogen-bond acceptors (Lipinski definition) is 2. The number of hydrogen-bond donors (Lipinski definition) is 2. The van der Waals surface area contributed by atoms with E-state index in [0.717, 1.165) is 12.1 Å². The van der Waals surface area contributed by atoms with Crippen LogP contribution in [0.1, 0.15) is 29.2 Å². The normalized spacial score (nSPS) is 12.8. The van der Waals surface area contributed by atoms with Gasteiger partial charge in [-0.1, -0.05) is 78.9 Å². The standard InChI is InChI=1S/C25H22F3NO3/c1-24(18-10-4-2-5-11-18,19-12-6-3-7-13-19)23(32)29-21(22(30)31)16-17-9-8-14-20(15-17)25(26,27)28/h2-15,21H,16H2,1H3,(H,29,32)(H,30,31)/t21-/m0/s1. The third-order valence-corrected chi connectivity index (χ3v) is 5.45. The highest BCUT2D eigenvalue weighted by atomic mass is 19.4. The molecule has 0 aliphatic heterocycles. The van der Waals surface area contributed by atoms with Gasteiger partial charge < -0.3 is 10.4 Å². The molecule has 0 unspecified atom stereocenters. The Balaban J connectivity index is 1.92. The number of alkyl halides is 3. The number of nitrogens with one attached hydrogen (secondary N) is 1. The Bertz CT molecular complexity index is 1040. The summed E-state index contributed by atoms with van der Waals surface area (Å²) in [5.41, 5.74) is -0.597. The highest BCUT2D eigenvalue weighted by molar-refractivity contribution is 5.94. The first kappa shape index (κ1) is 23.1. The van der Waals surface area contributed by atoms with Crippen molar-refractivity contribution in [3.63, 3.8) is 0 Å². The van der Waals surface area contributed by atoms with E-state index >= 15 is 0 Å². The number of carboxylic acid groups (broad SMARTS) is 1. The van der Waals surface area contributed by atoms with Crippen molar-refractivity contribution in [1.82, 2.24) is 5.32 Å². The molecular weight excluding hydrogens is 419 g/mol. The van der Waals surface area contributed by atoms with Gasteiger partial charge in [0.2, 0.25) is 5.91 Å². The average molecular weight is 441 g/mol. The van der Waals surface area contributed by atoms with Crippen molar-refractivity contribution in [1.29, 1.82) is 0 Å². The van der Waals surface area contributed by atoms with Gasteiger partial charge in [0.15, 0.2) is 0 Å². The fourth-order valence-corrected chi connectivity index (χ4v) is 3.58. The van der Waals surface area contributed by atoms with Gasteiger partial charge in [-0.05, 0) is 29.7 Å². The molecule has 0 fully saturated rings. The third-order valence-electron chi connectivity index (χ3n) is 5.45. The third kappa shape index (κ3) is 4.99. The summed E-state index contributed by atoms with van der Waals surface area (Å²) in [7, 11) is 0. The Morgan fingerprint density at radius 1 is 0.844 bits per heavy atom. The molecule has 4 nitrogen and oxygen atoms in total. The van der Waals surface area contributed by atoms with E-state index in [1.54, 1.807) is 67.6 Å². The van der Waals surface area contributed by atoms with Gasteiger partial charge >= 0.3 is 12.1 Å². The summed E-state index contributed by atoms with van der Waals surface area (Å²) in [5, 5.41) is 12.2. The van der Waals surface area contributed by atoms with E-state index in [4.69, 9.17) is 0 Å². The summed E-state index contributed by atoms with van der Waals surface area (Å²) in [6, 6.07) is 20.9. The molecule has 0 aliphatic rings. The van der Waals surface area contributed by atoms with Crippen LogP contribution in [0.4, 0.5) is 13.2 Å². The van der Waals surface area contributed by atoms with Gasteiger partial charge in [-0.3, -0.25) is 4.79 Å². The first-order valence-corrected chi connectivity index (χ1v) is 9.93. The topological polar surface area (TPSA) is 66.4 Å². The van der Waals surface area contributed by atoms with Crippen molar-refractivity contribution in [3.8, 4) is 0 Å². The van der Waals surface area contributed by atoms with Gasteiger partial charge in [0.1, 0.15) is 6.04 Å². The predicted molar refractivity (Wildman–Crippen MR) is 114 cm³/mol. The first-order chi connectivity index (χ1) is 15.1. The van der Waals surface area contributed by atoms with E-state index in [1.807, 2.05) is 0 Å². The molecule has 32 heavy (non-hydrogen) atoms. The summed E-state index contributed by atoms with van der Waals surface area (Å²) in [6.07, 6.45) is -4.83. The molecule has 166 valence electrons. The summed E-state index contributed by atoms with van der Waals surface area (Å²) in [4.78, 5) is 25.3. The SMILES string of the molecule is CC(C(=O)N[C@@H](Cc1cccc(C(F)(F)F)c1)C(=O)O)(c1ccccc1)c1ccccc1. The van der Waals surface area contributed by atoms with Crippen LogP contribution in [0.2, 0.25) is 0 Å². The minimum Gasteiger partial charge on any atom is -0.480 e.